The number of halogens is 2. The van der Waals surface area contributed by atoms with Gasteiger partial charge in [0, 0.05) is 31.7 Å². The van der Waals surface area contributed by atoms with Crippen LogP contribution in [0.15, 0.2) is 48.5 Å². The van der Waals surface area contributed by atoms with Crippen LogP contribution < -0.4 is 5.73 Å². The van der Waals surface area contributed by atoms with E-state index in [4.69, 9.17) is 10.5 Å². The van der Waals surface area contributed by atoms with Crippen molar-refractivity contribution >= 4 is 12.0 Å². The first kappa shape index (κ1) is 25.6. The Kier molecular flexibility index (Phi) is 7.89. The highest BCUT2D eigenvalue weighted by molar-refractivity contribution is 5.87. The maximum Gasteiger partial charge on any atom is 0.411 e. The van der Waals surface area contributed by atoms with Crippen LogP contribution in [0.2, 0.25) is 0 Å². The van der Waals surface area contributed by atoms with Gasteiger partial charge in [-0.25, -0.2) is 13.6 Å². The van der Waals surface area contributed by atoms with Crippen molar-refractivity contribution in [2.75, 3.05) is 13.1 Å². The van der Waals surface area contributed by atoms with Crippen LogP contribution in [0, 0.1) is 11.6 Å². The molecule has 0 spiro atoms. The molecule has 1 aliphatic rings. The Morgan fingerprint density at radius 3 is 2.32 bits per heavy atom. The van der Waals surface area contributed by atoms with Gasteiger partial charge in [-0.15, -0.1) is 0 Å². The second-order valence-corrected chi connectivity index (χ2v) is 9.50. The van der Waals surface area contributed by atoms with Gasteiger partial charge in [-0.3, -0.25) is 9.69 Å². The lowest BCUT2D eigenvalue weighted by Gasteiger charge is -2.43. The number of ether oxygens (including phenoxy) is 1. The number of rotatable bonds is 6. The minimum absolute atomic E-state index is 0.0968. The lowest BCUT2D eigenvalue weighted by Crippen LogP contribution is -2.65. The molecule has 3 atom stereocenters. The first-order valence-corrected chi connectivity index (χ1v) is 11.2. The predicted molar refractivity (Wildman–Crippen MR) is 123 cm³/mol. The number of hydrogen-bond donors (Lipinski definition) is 2. The van der Waals surface area contributed by atoms with Crippen molar-refractivity contribution < 1.29 is 28.2 Å². The smallest absolute Gasteiger partial charge is 0.411 e. The van der Waals surface area contributed by atoms with Crippen LogP contribution >= 0.6 is 0 Å². The molecular formula is C25H31F2N3O4. The van der Waals surface area contributed by atoms with E-state index in [9.17, 15) is 23.5 Å². The molecule has 0 aromatic heterocycles. The Hall–Kier alpha value is -3.04. The van der Waals surface area contributed by atoms with Crippen LogP contribution in [0.1, 0.15) is 31.9 Å². The molecule has 34 heavy (non-hydrogen) atoms. The van der Waals surface area contributed by atoms with E-state index in [1.165, 1.54) is 4.90 Å². The monoisotopic (exact) mass is 475 g/mol. The first-order chi connectivity index (χ1) is 15.9. The van der Waals surface area contributed by atoms with Crippen molar-refractivity contribution in [1.82, 2.24) is 9.80 Å². The van der Waals surface area contributed by atoms with Crippen LogP contribution in [-0.4, -0.2) is 63.8 Å². The second kappa shape index (κ2) is 10.5. The largest absolute Gasteiger partial charge is 0.444 e. The standard InChI is InChI=1S/C25H31F2N3O4/c1-25(2,3)34-24(33)30-10-9-29(15-16-7-5-4-6-8-16)23(32)21(30)22(31)20(28)13-17-11-18(26)14-19(27)12-17/h4-8,11-12,14,20-22,31H,9-10,13,15,28H2,1-3H3/t20-,21-,22-/m0/s1. The van der Waals surface area contributed by atoms with E-state index < -0.39 is 47.4 Å². The molecule has 3 N–H and O–H groups in total. The van der Waals surface area contributed by atoms with Crippen LogP contribution in [-0.2, 0) is 22.5 Å². The number of carbonyl (C=O) groups is 2. The third-order valence-electron chi connectivity index (χ3n) is 5.51. The summed E-state index contributed by atoms with van der Waals surface area (Å²) in [5.74, 6) is -2.01. The zero-order chi connectivity index (χ0) is 25.0. The van der Waals surface area contributed by atoms with E-state index in [2.05, 4.69) is 0 Å². The molecule has 2 aromatic rings. The van der Waals surface area contributed by atoms with Crippen LogP contribution in [0.5, 0.6) is 0 Å². The van der Waals surface area contributed by atoms with Gasteiger partial charge in [-0.05, 0) is 50.5 Å². The molecule has 0 saturated carbocycles. The van der Waals surface area contributed by atoms with E-state index in [0.717, 1.165) is 23.8 Å². The molecule has 0 unspecified atom stereocenters. The molecule has 2 amide bonds. The third kappa shape index (κ3) is 6.51. The average Bonchev–Trinajstić information content (AvgIpc) is 2.73. The molecule has 184 valence electrons. The number of nitrogens with two attached hydrogens (primary N) is 1. The fourth-order valence-electron chi connectivity index (χ4n) is 3.97. The Bertz CT molecular complexity index is 993. The van der Waals surface area contributed by atoms with E-state index in [1.54, 1.807) is 25.7 Å². The molecule has 2 aromatic carbocycles. The fourth-order valence-corrected chi connectivity index (χ4v) is 3.97. The van der Waals surface area contributed by atoms with Gasteiger partial charge in [0.2, 0.25) is 5.91 Å². The number of aliphatic hydroxyl groups is 1. The van der Waals surface area contributed by atoms with Crippen molar-refractivity contribution in [2.45, 2.75) is 57.5 Å². The fraction of sp³-hybridized carbons (Fsp3) is 0.440. The topological polar surface area (TPSA) is 96.1 Å². The summed E-state index contributed by atoms with van der Waals surface area (Å²) >= 11 is 0. The maximum absolute atomic E-state index is 13.6. The molecule has 0 bridgehead atoms. The summed E-state index contributed by atoms with van der Waals surface area (Å²) in [6.07, 6.45) is -2.33. The summed E-state index contributed by atoms with van der Waals surface area (Å²) < 4.78 is 32.7. The van der Waals surface area contributed by atoms with Crippen molar-refractivity contribution in [3.05, 3.63) is 71.3 Å². The Morgan fingerprint density at radius 2 is 1.74 bits per heavy atom. The van der Waals surface area contributed by atoms with Gasteiger partial charge in [0.1, 0.15) is 23.3 Å². The second-order valence-electron chi connectivity index (χ2n) is 9.50. The zero-order valence-corrected chi connectivity index (χ0v) is 19.6. The quantitative estimate of drug-likeness (QED) is 0.670. The number of hydrogen-bond acceptors (Lipinski definition) is 5. The highest BCUT2D eigenvalue weighted by Crippen LogP contribution is 2.23. The van der Waals surface area contributed by atoms with Crippen LogP contribution in [0.3, 0.4) is 0 Å². The van der Waals surface area contributed by atoms with E-state index in [1.807, 2.05) is 30.3 Å². The Balaban J connectivity index is 1.84. The molecular weight excluding hydrogens is 444 g/mol. The normalized spacial score (nSPS) is 18.6. The average molecular weight is 476 g/mol. The maximum atomic E-state index is 13.6. The highest BCUT2D eigenvalue weighted by Gasteiger charge is 2.45. The number of benzene rings is 2. The van der Waals surface area contributed by atoms with Crippen molar-refractivity contribution in [1.29, 1.82) is 0 Å². The summed E-state index contributed by atoms with van der Waals surface area (Å²) in [6, 6.07) is 9.93. The summed E-state index contributed by atoms with van der Waals surface area (Å²) in [5, 5.41) is 11.1. The Labute approximate surface area is 198 Å². The molecule has 1 saturated heterocycles. The molecule has 7 nitrogen and oxygen atoms in total. The van der Waals surface area contributed by atoms with Crippen molar-refractivity contribution in [3.8, 4) is 0 Å². The number of carbonyl (C=O) groups excluding carboxylic acids is 2. The lowest BCUT2D eigenvalue weighted by molar-refractivity contribution is -0.148. The SMILES string of the molecule is CC(C)(C)OC(=O)N1CCN(Cc2ccccc2)C(=O)[C@@H]1[C@@H](O)[C@@H](N)Cc1cc(F)cc(F)c1. The third-order valence-corrected chi connectivity index (χ3v) is 5.51. The van der Waals surface area contributed by atoms with Crippen LogP contribution in [0.25, 0.3) is 0 Å². The predicted octanol–water partition coefficient (Wildman–Crippen LogP) is 2.84. The summed E-state index contributed by atoms with van der Waals surface area (Å²) in [5.41, 5.74) is 6.51. The van der Waals surface area contributed by atoms with E-state index >= 15 is 0 Å². The summed E-state index contributed by atoms with van der Waals surface area (Å²) in [4.78, 5) is 29.1. The van der Waals surface area contributed by atoms with Gasteiger partial charge in [0.25, 0.3) is 0 Å². The zero-order valence-electron chi connectivity index (χ0n) is 19.6. The van der Waals surface area contributed by atoms with Gasteiger partial charge in [0.05, 0.1) is 6.10 Å². The van der Waals surface area contributed by atoms with Gasteiger partial charge < -0.3 is 20.5 Å². The molecule has 1 fully saturated rings. The molecule has 0 aliphatic carbocycles. The molecule has 3 rings (SSSR count). The summed E-state index contributed by atoms with van der Waals surface area (Å²) in [7, 11) is 0. The van der Waals surface area contributed by atoms with E-state index in [-0.39, 0.29) is 25.1 Å². The number of piperazine rings is 1. The number of aliphatic hydroxyl groups excluding tert-OH is 1. The number of nitrogens with zero attached hydrogens (tertiary/aromatic N) is 2. The number of amides is 2. The highest BCUT2D eigenvalue weighted by atomic mass is 19.1. The molecule has 1 aliphatic heterocycles. The molecule has 1 heterocycles. The Morgan fingerprint density at radius 1 is 1.12 bits per heavy atom. The minimum atomic E-state index is -1.50. The van der Waals surface area contributed by atoms with Crippen molar-refractivity contribution in [3.63, 3.8) is 0 Å². The van der Waals surface area contributed by atoms with Crippen LogP contribution in [0.4, 0.5) is 13.6 Å². The summed E-state index contributed by atoms with van der Waals surface area (Å²) in [6.45, 7) is 5.79. The first-order valence-electron chi connectivity index (χ1n) is 11.2. The van der Waals surface area contributed by atoms with Gasteiger partial charge in [-0.2, -0.15) is 0 Å². The van der Waals surface area contributed by atoms with Gasteiger partial charge in [-0.1, -0.05) is 30.3 Å². The van der Waals surface area contributed by atoms with E-state index in [0.29, 0.717) is 6.54 Å². The van der Waals surface area contributed by atoms with Crippen molar-refractivity contribution in [2.24, 2.45) is 5.73 Å². The van der Waals surface area contributed by atoms with Gasteiger partial charge >= 0.3 is 6.09 Å². The minimum Gasteiger partial charge on any atom is -0.444 e. The lowest BCUT2D eigenvalue weighted by atomic mass is 9.94. The van der Waals surface area contributed by atoms with Gasteiger partial charge in [0.15, 0.2) is 0 Å². The molecule has 9 heteroatoms. The molecule has 0 radical (unpaired) electrons.